The van der Waals surface area contributed by atoms with Gasteiger partial charge in [0.1, 0.15) is 0 Å². The van der Waals surface area contributed by atoms with E-state index in [1.807, 2.05) is 24.4 Å². The lowest BCUT2D eigenvalue weighted by Gasteiger charge is -2.26. The van der Waals surface area contributed by atoms with E-state index in [9.17, 15) is 13.2 Å². The van der Waals surface area contributed by atoms with Crippen molar-refractivity contribution in [3.8, 4) is 0 Å². The third-order valence-corrected chi connectivity index (χ3v) is 8.30. The lowest BCUT2D eigenvalue weighted by atomic mass is 10.0. The van der Waals surface area contributed by atoms with Crippen LogP contribution in [0.1, 0.15) is 22.0 Å². The Balaban J connectivity index is 1.38. The number of anilines is 1. The minimum Gasteiger partial charge on any atom is -0.379 e. The van der Waals surface area contributed by atoms with Crippen LogP contribution in [0.4, 0.5) is 5.69 Å². The summed E-state index contributed by atoms with van der Waals surface area (Å²) in [5, 5.41) is 8.19. The number of hydrogen-bond acceptors (Lipinski definition) is 6. The summed E-state index contributed by atoms with van der Waals surface area (Å²) in [6, 6.07) is 18.5. The maximum Gasteiger partial charge on any atom is 0.243 e. The second-order valence-corrected chi connectivity index (χ2v) is 10.7. The van der Waals surface area contributed by atoms with Gasteiger partial charge in [-0.2, -0.15) is 4.31 Å². The molecule has 1 fully saturated rings. The number of nitrogens with zero attached hydrogens (tertiary/aromatic N) is 1. The highest BCUT2D eigenvalue weighted by atomic mass is 32.2. The Bertz CT molecular complexity index is 1160. The first kappa shape index (κ1) is 23.6. The molecule has 2 aromatic carbocycles. The minimum atomic E-state index is -3.56. The highest BCUT2D eigenvalue weighted by Gasteiger charge is 2.26. The summed E-state index contributed by atoms with van der Waals surface area (Å²) in [6.07, 6.45) is 0. The van der Waals surface area contributed by atoms with Gasteiger partial charge in [0.25, 0.3) is 0 Å². The van der Waals surface area contributed by atoms with Crippen molar-refractivity contribution in [2.75, 3.05) is 38.2 Å². The molecule has 7 nitrogen and oxygen atoms in total. The monoisotopic (exact) mass is 485 g/mol. The van der Waals surface area contributed by atoms with Crippen molar-refractivity contribution >= 4 is 33.0 Å². The van der Waals surface area contributed by atoms with Crippen molar-refractivity contribution in [1.29, 1.82) is 0 Å². The molecule has 2 heterocycles. The smallest absolute Gasteiger partial charge is 0.243 e. The van der Waals surface area contributed by atoms with E-state index in [2.05, 4.69) is 34.9 Å². The molecule has 4 rings (SSSR count). The van der Waals surface area contributed by atoms with Gasteiger partial charge in [-0.15, -0.1) is 11.3 Å². The Labute approximate surface area is 198 Å². The molecule has 0 saturated carbocycles. The van der Waals surface area contributed by atoms with Gasteiger partial charge in [0.05, 0.1) is 30.7 Å². The summed E-state index contributed by atoms with van der Waals surface area (Å²) in [4.78, 5) is 13.9. The zero-order valence-corrected chi connectivity index (χ0v) is 20.0. The third kappa shape index (κ3) is 5.87. The van der Waals surface area contributed by atoms with Gasteiger partial charge in [0.2, 0.25) is 15.9 Å². The van der Waals surface area contributed by atoms with Gasteiger partial charge in [-0.25, -0.2) is 8.42 Å². The molecule has 1 aliphatic rings. The zero-order valence-electron chi connectivity index (χ0n) is 18.4. The number of thiophene rings is 1. The van der Waals surface area contributed by atoms with E-state index in [1.165, 1.54) is 22.0 Å². The predicted molar refractivity (Wildman–Crippen MR) is 130 cm³/mol. The van der Waals surface area contributed by atoms with Crippen LogP contribution in [-0.2, 0) is 19.6 Å². The molecule has 33 heavy (non-hydrogen) atoms. The number of hydrogen-bond donors (Lipinski definition) is 2. The van der Waals surface area contributed by atoms with E-state index < -0.39 is 10.0 Å². The molecular weight excluding hydrogens is 458 g/mol. The number of rotatable bonds is 8. The Morgan fingerprint density at radius 3 is 2.39 bits per heavy atom. The fraction of sp³-hybridized carbons (Fsp3) is 0.292. The molecule has 1 aromatic heterocycles. The van der Waals surface area contributed by atoms with E-state index in [-0.39, 0.29) is 23.4 Å². The molecule has 3 aromatic rings. The Hall–Kier alpha value is -2.56. The van der Waals surface area contributed by atoms with Gasteiger partial charge in [-0.05, 0) is 48.2 Å². The SMILES string of the molecule is Cc1ccc([C@H](NCC(=O)Nc2ccc(S(=O)(=O)N3CCOCC3)cc2)c2cccs2)cc1. The second kappa shape index (κ2) is 10.6. The molecule has 0 spiro atoms. The molecule has 0 unspecified atom stereocenters. The maximum atomic E-state index is 12.7. The number of sulfonamides is 1. The van der Waals surface area contributed by atoms with E-state index in [1.54, 1.807) is 23.5 Å². The van der Waals surface area contributed by atoms with Crippen molar-refractivity contribution < 1.29 is 17.9 Å². The van der Waals surface area contributed by atoms with Crippen LogP contribution in [0, 0.1) is 6.92 Å². The first-order chi connectivity index (χ1) is 15.9. The van der Waals surface area contributed by atoms with Crippen LogP contribution in [-0.4, -0.2) is 51.5 Å². The Kier molecular flexibility index (Phi) is 7.56. The molecule has 1 aliphatic heterocycles. The molecule has 9 heteroatoms. The highest BCUT2D eigenvalue weighted by Crippen LogP contribution is 2.26. The predicted octanol–water partition coefficient (Wildman–Crippen LogP) is 3.40. The van der Waals surface area contributed by atoms with E-state index in [0.717, 1.165) is 10.4 Å². The first-order valence-electron chi connectivity index (χ1n) is 10.7. The van der Waals surface area contributed by atoms with Crippen LogP contribution in [0.15, 0.2) is 70.9 Å². The van der Waals surface area contributed by atoms with Crippen molar-refractivity contribution in [2.24, 2.45) is 0 Å². The van der Waals surface area contributed by atoms with Crippen LogP contribution in [0.2, 0.25) is 0 Å². The van der Waals surface area contributed by atoms with E-state index in [0.29, 0.717) is 32.0 Å². The lowest BCUT2D eigenvalue weighted by molar-refractivity contribution is -0.115. The van der Waals surface area contributed by atoms with E-state index in [4.69, 9.17) is 4.74 Å². The molecule has 0 bridgehead atoms. The molecule has 0 radical (unpaired) electrons. The quantitative estimate of drug-likeness (QED) is 0.511. The summed E-state index contributed by atoms with van der Waals surface area (Å²) in [6.45, 7) is 3.65. The number of morpholine rings is 1. The summed E-state index contributed by atoms with van der Waals surface area (Å²) in [5.74, 6) is -0.201. The lowest BCUT2D eigenvalue weighted by Crippen LogP contribution is -2.40. The van der Waals surface area contributed by atoms with Crippen molar-refractivity contribution in [1.82, 2.24) is 9.62 Å². The van der Waals surface area contributed by atoms with Crippen LogP contribution in [0.25, 0.3) is 0 Å². The minimum absolute atomic E-state index is 0.0857. The first-order valence-corrected chi connectivity index (χ1v) is 13.1. The number of nitrogens with one attached hydrogen (secondary N) is 2. The number of ether oxygens (including phenoxy) is 1. The van der Waals surface area contributed by atoms with Gasteiger partial charge in [-0.1, -0.05) is 35.9 Å². The molecule has 0 aliphatic carbocycles. The summed E-state index contributed by atoms with van der Waals surface area (Å²) in [7, 11) is -3.56. The Morgan fingerprint density at radius 1 is 1.06 bits per heavy atom. The molecular formula is C24H27N3O4S2. The average molecular weight is 486 g/mol. The van der Waals surface area contributed by atoms with Crippen molar-refractivity contribution in [2.45, 2.75) is 17.9 Å². The van der Waals surface area contributed by atoms with Gasteiger partial charge in [-0.3, -0.25) is 10.1 Å². The van der Waals surface area contributed by atoms with Gasteiger partial charge < -0.3 is 10.1 Å². The third-order valence-electron chi connectivity index (χ3n) is 5.45. The topological polar surface area (TPSA) is 87.7 Å². The van der Waals surface area contributed by atoms with Crippen molar-refractivity contribution in [3.63, 3.8) is 0 Å². The number of benzene rings is 2. The normalized spacial score (nSPS) is 15.8. The zero-order chi connectivity index (χ0) is 23.3. The molecule has 1 saturated heterocycles. The largest absolute Gasteiger partial charge is 0.379 e. The van der Waals surface area contributed by atoms with Gasteiger partial charge >= 0.3 is 0 Å². The molecule has 1 amide bonds. The maximum absolute atomic E-state index is 12.7. The highest BCUT2D eigenvalue weighted by molar-refractivity contribution is 7.89. The molecule has 2 N–H and O–H groups in total. The van der Waals surface area contributed by atoms with Gasteiger partial charge in [0.15, 0.2) is 0 Å². The fourth-order valence-corrected chi connectivity index (χ4v) is 5.88. The number of aryl methyl sites for hydroxylation is 1. The Morgan fingerprint density at radius 2 is 1.76 bits per heavy atom. The van der Waals surface area contributed by atoms with Crippen LogP contribution >= 0.6 is 11.3 Å². The number of carbonyl (C=O) groups is 1. The van der Waals surface area contributed by atoms with E-state index >= 15 is 0 Å². The molecule has 1 atom stereocenters. The van der Waals surface area contributed by atoms with Crippen LogP contribution < -0.4 is 10.6 Å². The number of amides is 1. The van der Waals surface area contributed by atoms with Crippen LogP contribution in [0.5, 0.6) is 0 Å². The average Bonchev–Trinajstić information content (AvgIpc) is 3.36. The second-order valence-electron chi connectivity index (χ2n) is 7.83. The van der Waals surface area contributed by atoms with Crippen molar-refractivity contribution in [3.05, 3.63) is 82.0 Å². The summed E-state index contributed by atoms with van der Waals surface area (Å²) >= 11 is 1.64. The molecule has 174 valence electrons. The standard InChI is InChI=1S/C24H27N3O4S2/c1-18-4-6-19(7-5-18)24(22-3-2-16-32-22)25-17-23(28)26-20-8-10-21(11-9-20)33(29,30)27-12-14-31-15-13-27/h2-11,16,24-25H,12-15,17H2,1H3,(H,26,28)/t24-/m0/s1. The summed E-state index contributed by atoms with van der Waals surface area (Å²) < 4.78 is 32.1. The number of carbonyl (C=O) groups excluding carboxylic acids is 1. The summed E-state index contributed by atoms with van der Waals surface area (Å²) in [5.41, 5.74) is 2.82. The fourth-order valence-electron chi connectivity index (χ4n) is 3.64. The van der Waals surface area contributed by atoms with Gasteiger partial charge in [0, 0.05) is 23.7 Å². The van der Waals surface area contributed by atoms with Crippen LogP contribution in [0.3, 0.4) is 0 Å².